The van der Waals surface area contributed by atoms with Gasteiger partial charge in [-0.25, -0.2) is 0 Å². The molecule has 0 bridgehead atoms. The predicted octanol–water partition coefficient (Wildman–Crippen LogP) is 3.45. The van der Waals surface area contributed by atoms with Crippen LogP contribution in [0.25, 0.3) is 5.69 Å². The van der Waals surface area contributed by atoms with E-state index in [2.05, 4.69) is 50.9 Å². The summed E-state index contributed by atoms with van der Waals surface area (Å²) < 4.78 is 7.72. The highest BCUT2D eigenvalue weighted by molar-refractivity contribution is 7.99. The Morgan fingerprint density at radius 2 is 1.75 bits per heavy atom. The van der Waals surface area contributed by atoms with Crippen LogP contribution in [0, 0.1) is 6.92 Å². The molecular formula is C18H24N4OS. The quantitative estimate of drug-likeness (QED) is 0.850. The van der Waals surface area contributed by atoms with Gasteiger partial charge in [0, 0.05) is 18.3 Å². The maximum absolute atomic E-state index is 5.49. The fraction of sp³-hybridized carbons (Fsp3) is 0.556. The SMILES string of the molecule is Cc1ccc(-n2c(SC3CCCC3)nnc2N2CCOCC2)cc1. The molecule has 0 amide bonds. The number of morpholine rings is 1. The van der Waals surface area contributed by atoms with Gasteiger partial charge in [-0.15, -0.1) is 10.2 Å². The first-order chi connectivity index (χ1) is 11.8. The Balaban J connectivity index is 1.70. The van der Waals surface area contributed by atoms with Crippen LogP contribution < -0.4 is 4.90 Å². The molecule has 128 valence electrons. The number of aryl methyl sites for hydroxylation is 1. The molecule has 5 nitrogen and oxygen atoms in total. The Labute approximate surface area is 147 Å². The first-order valence-electron chi connectivity index (χ1n) is 8.83. The third-order valence-corrected chi connectivity index (χ3v) is 6.06. The van der Waals surface area contributed by atoms with E-state index in [-0.39, 0.29) is 0 Å². The molecule has 2 heterocycles. The third-order valence-electron chi connectivity index (χ3n) is 4.78. The van der Waals surface area contributed by atoms with E-state index < -0.39 is 0 Å². The maximum atomic E-state index is 5.49. The van der Waals surface area contributed by atoms with Gasteiger partial charge < -0.3 is 9.64 Å². The van der Waals surface area contributed by atoms with E-state index in [4.69, 9.17) is 4.74 Å². The minimum atomic E-state index is 0.677. The minimum absolute atomic E-state index is 0.677. The number of nitrogens with zero attached hydrogens (tertiary/aromatic N) is 4. The van der Waals surface area contributed by atoms with Gasteiger partial charge in [0.25, 0.3) is 0 Å². The number of hydrogen-bond acceptors (Lipinski definition) is 5. The second kappa shape index (κ2) is 7.15. The number of anilines is 1. The molecule has 6 heteroatoms. The highest BCUT2D eigenvalue weighted by Crippen LogP contribution is 2.36. The van der Waals surface area contributed by atoms with Crippen LogP contribution in [0.1, 0.15) is 31.2 Å². The average Bonchev–Trinajstić information content (AvgIpc) is 3.27. The van der Waals surface area contributed by atoms with Crippen LogP contribution in [-0.2, 0) is 4.74 Å². The number of rotatable bonds is 4. The first-order valence-corrected chi connectivity index (χ1v) is 9.71. The van der Waals surface area contributed by atoms with Crippen LogP contribution in [-0.4, -0.2) is 46.3 Å². The summed E-state index contributed by atoms with van der Waals surface area (Å²) in [6, 6.07) is 8.65. The molecule has 1 saturated carbocycles. The summed E-state index contributed by atoms with van der Waals surface area (Å²) >= 11 is 1.89. The zero-order chi connectivity index (χ0) is 16.4. The van der Waals surface area contributed by atoms with E-state index in [1.165, 1.54) is 31.2 Å². The van der Waals surface area contributed by atoms with Crippen LogP contribution in [0.5, 0.6) is 0 Å². The van der Waals surface area contributed by atoms with E-state index >= 15 is 0 Å². The molecule has 1 aromatic heterocycles. The van der Waals surface area contributed by atoms with E-state index in [1.807, 2.05) is 11.8 Å². The molecule has 0 unspecified atom stereocenters. The summed E-state index contributed by atoms with van der Waals surface area (Å²) in [5.41, 5.74) is 2.41. The highest BCUT2D eigenvalue weighted by Gasteiger charge is 2.25. The summed E-state index contributed by atoms with van der Waals surface area (Å²) in [5.74, 6) is 0.947. The van der Waals surface area contributed by atoms with Crippen molar-refractivity contribution in [3.8, 4) is 5.69 Å². The molecule has 2 aliphatic rings. The van der Waals surface area contributed by atoms with Crippen LogP contribution >= 0.6 is 11.8 Å². The summed E-state index contributed by atoms with van der Waals surface area (Å²) in [4.78, 5) is 2.29. The van der Waals surface area contributed by atoms with Crippen molar-refractivity contribution in [2.45, 2.75) is 43.0 Å². The molecule has 0 radical (unpaired) electrons. The van der Waals surface area contributed by atoms with Crippen LogP contribution in [0.15, 0.2) is 29.4 Å². The minimum Gasteiger partial charge on any atom is -0.378 e. The molecule has 0 atom stereocenters. The molecule has 1 aliphatic carbocycles. The van der Waals surface area contributed by atoms with Crippen molar-refractivity contribution in [2.75, 3.05) is 31.2 Å². The molecule has 1 aromatic carbocycles. The highest BCUT2D eigenvalue weighted by atomic mass is 32.2. The Kier molecular flexibility index (Phi) is 4.76. The molecule has 24 heavy (non-hydrogen) atoms. The van der Waals surface area contributed by atoms with Gasteiger partial charge in [-0.2, -0.15) is 0 Å². The van der Waals surface area contributed by atoms with Gasteiger partial charge in [-0.05, 0) is 31.9 Å². The monoisotopic (exact) mass is 344 g/mol. The molecule has 4 rings (SSSR count). The smallest absolute Gasteiger partial charge is 0.232 e. The Morgan fingerprint density at radius 1 is 1.04 bits per heavy atom. The molecule has 0 N–H and O–H groups in total. The van der Waals surface area contributed by atoms with Crippen molar-refractivity contribution in [1.29, 1.82) is 0 Å². The van der Waals surface area contributed by atoms with Crippen molar-refractivity contribution in [2.24, 2.45) is 0 Å². The summed E-state index contributed by atoms with van der Waals surface area (Å²) in [6.07, 6.45) is 5.26. The lowest BCUT2D eigenvalue weighted by Crippen LogP contribution is -2.37. The fourth-order valence-electron chi connectivity index (χ4n) is 3.38. The van der Waals surface area contributed by atoms with Gasteiger partial charge in [0.1, 0.15) is 0 Å². The van der Waals surface area contributed by atoms with Crippen molar-refractivity contribution in [3.05, 3.63) is 29.8 Å². The number of ether oxygens (including phenoxy) is 1. The lowest BCUT2D eigenvalue weighted by atomic mass is 10.2. The van der Waals surface area contributed by atoms with Crippen molar-refractivity contribution >= 4 is 17.7 Å². The van der Waals surface area contributed by atoms with E-state index in [9.17, 15) is 0 Å². The van der Waals surface area contributed by atoms with E-state index in [0.29, 0.717) is 5.25 Å². The van der Waals surface area contributed by atoms with Gasteiger partial charge in [-0.1, -0.05) is 42.3 Å². The number of thioether (sulfide) groups is 1. The molecule has 1 aliphatic heterocycles. The Morgan fingerprint density at radius 3 is 2.46 bits per heavy atom. The topological polar surface area (TPSA) is 43.2 Å². The van der Waals surface area contributed by atoms with Gasteiger partial charge in [0.15, 0.2) is 5.16 Å². The average molecular weight is 344 g/mol. The zero-order valence-electron chi connectivity index (χ0n) is 14.1. The fourth-order valence-corrected chi connectivity index (χ4v) is 4.63. The molecule has 1 saturated heterocycles. The van der Waals surface area contributed by atoms with Gasteiger partial charge in [0.2, 0.25) is 5.95 Å². The lowest BCUT2D eigenvalue weighted by Gasteiger charge is -2.28. The predicted molar refractivity (Wildman–Crippen MR) is 97.2 cm³/mol. The molecule has 0 spiro atoms. The van der Waals surface area contributed by atoms with Crippen molar-refractivity contribution in [3.63, 3.8) is 0 Å². The van der Waals surface area contributed by atoms with Crippen molar-refractivity contribution < 1.29 is 4.74 Å². The number of hydrogen-bond donors (Lipinski definition) is 0. The van der Waals surface area contributed by atoms with E-state index in [0.717, 1.165) is 43.1 Å². The van der Waals surface area contributed by atoms with Gasteiger partial charge in [-0.3, -0.25) is 4.57 Å². The molecule has 2 aromatic rings. The Hall–Kier alpha value is -1.53. The first kappa shape index (κ1) is 16.0. The van der Waals surface area contributed by atoms with Gasteiger partial charge in [0.05, 0.1) is 18.9 Å². The largest absolute Gasteiger partial charge is 0.378 e. The standard InChI is InChI=1S/C18H24N4OS/c1-14-6-8-15(9-7-14)22-17(21-10-12-23-13-11-21)19-20-18(22)24-16-4-2-3-5-16/h6-9,16H,2-5,10-13H2,1H3. The maximum Gasteiger partial charge on any atom is 0.232 e. The molecular weight excluding hydrogens is 320 g/mol. The number of benzene rings is 1. The summed E-state index contributed by atoms with van der Waals surface area (Å²) in [7, 11) is 0. The number of aromatic nitrogens is 3. The Bertz CT molecular complexity index is 673. The van der Waals surface area contributed by atoms with Crippen molar-refractivity contribution in [1.82, 2.24) is 14.8 Å². The van der Waals surface area contributed by atoms with Crippen LogP contribution in [0.4, 0.5) is 5.95 Å². The lowest BCUT2D eigenvalue weighted by molar-refractivity contribution is 0.122. The third kappa shape index (κ3) is 3.30. The summed E-state index contributed by atoms with van der Waals surface area (Å²) in [6.45, 7) is 5.38. The van der Waals surface area contributed by atoms with E-state index in [1.54, 1.807) is 0 Å². The second-order valence-electron chi connectivity index (χ2n) is 6.58. The normalized spacial score (nSPS) is 19.1. The summed E-state index contributed by atoms with van der Waals surface area (Å²) in [5, 5.41) is 10.8. The van der Waals surface area contributed by atoms with Crippen LogP contribution in [0.3, 0.4) is 0 Å². The molecule has 2 fully saturated rings. The van der Waals surface area contributed by atoms with Gasteiger partial charge >= 0.3 is 0 Å². The van der Waals surface area contributed by atoms with Crippen LogP contribution in [0.2, 0.25) is 0 Å². The zero-order valence-corrected chi connectivity index (χ0v) is 15.0. The second-order valence-corrected chi connectivity index (χ2v) is 7.84.